The van der Waals surface area contributed by atoms with Gasteiger partial charge in [-0.1, -0.05) is 17.7 Å². The van der Waals surface area contributed by atoms with Crippen molar-refractivity contribution in [2.45, 2.75) is 6.42 Å². The molecule has 1 aliphatic heterocycles. The molecular formula is C12H12ClNO3. The summed E-state index contributed by atoms with van der Waals surface area (Å²) < 4.78 is 0. The molecule has 0 unspecified atom stereocenters. The maximum atomic E-state index is 12.0. The standard InChI is InChI=1S/C12H12ClNO3/c13-10-3-1-2-8(6-10)11(15)14-5-4-9(7-14)12(16)17/h1-3,6,9H,4-5,7H2,(H,16,17)/t9-/m0/s1. The highest BCUT2D eigenvalue weighted by atomic mass is 35.5. The largest absolute Gasteiger partial charge is 0.481 e. The van der Waals surface area contributed by atoms with E-state index in [0.717, 1.165) is 0 Å². The predicted octanol–water partition coefficient (Wildman–Crippen LogP) is 1.89. The highest BCUT2D eigenvalue weighted by molar-refractivity contribution is 6.30. The monoisotopic (exact) mass is 253 g/mol. The van der Waals surface area contributed by atoms with Crippen LogP contribution in [0.25, 0.3) is 0 Å². The van der Waals surface area contributed by atoms with Gasteiger partial charge in [-0.2, -0.15) is 0 Å². The normalized spacial score (nSPS) is 19.4. The second kappa shape index (κ2) is 4.75. The molecule has 1 amide bonds. The third kappa shape index (κ3) is 2.58. The SMILES string of the molecule is O=C(O)[C@H]1CCN(C(=O)c2cccc(Cl)c2)C1. The van der Waals surface area contributed by atoms with Crippen LogP contribution >= 0.6 is 11.6 Å². The summed E-state index contributed by atoms with van der Waals surface area (Å²) >= 11 is 5.81. The Morgan fingerprint density at radius 3 is 2.76 bits per heavy atom. The van der Waals surface area contributed by atoms with Crippen LogP contribution in [0.1, 0.15) is 16.8 Å². The van der Waals surface area contributed by atoms with Crippen molar-refractivity contribution in [3.05, 3.63) is 34.9 Å². The number of carbonyl (C=O) groups is 2. The van der Waals surface area contributed by atoms with E-state index in [9.17, 15) is 9.59 Å². The molecule has 1 fully saturated rings. The van der Waals surface area contributed by atoms with Gasteiger partial charge in [0.15, 0.2) is 0 Å². The van der Waals surface area contributed by atoms with Crippen LogP contribution in [0.2, 0.25) is 5.02 Å². The van der Waals surface area contributed by atoms with Gasteiger partial charge >= 0.3 is 5.97 Å². The Bertz CT molecular complexity index is 461. The summed E-state index contributed by atoms with van der Waals surface area (Å²) in [6.45, 7) is 0.767. The van der Waals surface area contributed by atoms with Crippen molar-refractivity contribution in [1.82, 2.24) is 4.90 Å². The van der Waals surface area contributed by atoms with Crippen molar-refractivity contribution < 1.29 is 14.7 Å². The maximum Gasteiger partial charge on any atom is 0.308 e. The maximum absolute atomic E-state index is 12.0. The summed E-state index contributed by atoms with van der Waals surface area (Å²) in [6, 6.07) is 6.68. The van der Waals surface area contributed by atoms with Gasteiger partial charge in [-0.15, -0.1) is 0 Å². The molecule has 17 heavy (non-hydrogen) atoms. The van der Waals surface area contributed by atoms with Crippen molar-refractivity contribution in [3.8, 4) is 0 Å². The van der Waals surface area contributed by atoms with E-state index in [4.69, 9.17) is 16.7 Å². The van der Waals surface area contributed by atoms with Crippen molar-refractivity contribution >= 4 is 23.5 Å². The summed E-state index contributed by atoms with van der Waals surface area (Å²) in [5, 5.41) is 9.37. The number of rotatable bonds is 2. The molecule has 4 nitrogen and oxygen atoms in total. The lowest BCUT2D eigenvalue weighted by atomic mass is 10.1. The molecule has 90 valence electrons. The third-order valence-corrected chi connectivity index (χ3v) is 3.13. The quantitative estimate of drug-likeness (QED) is 0.876. The molecule has 1 atom stereocenters. The topological polar surface area (TPSA) is 57.6 Å². The van der Waals surface area contributed by atoms with Gasteiger partial charge in [0.05, 0.1) is 5.92 Å². The molecule has 1 aliphatic rings. The highest BCUT2D eigenvalue weighted by Gasteiger charge is 2.31. The number of likely N-dealkylation sites (tertiary alicyclic amines) is 1. The highest BCUT2D eigenvalue weighted by Crippen LogP contribution is 2.20. The molecule has 0 radical (unpaired) electrons. The molecule has 0 aromatic heterocycles. The minimum Gasteiger partial charge on any atom is -0.481 e. The van der Waals surface area contributed by atoms with Gasteiger partial charge in [-0.3, -0.25) is 9.59 Å². The van der Waals surface area contributed by atoms with Crippen LogP contribution in [-0.4, -0.2) is 35.0 Å². The van der Waals surface area contributed by atoms with Gasteiger partial charge in [0.25, 0.3) is 5.91 Å². The van der Waals surface area contributed by atoms with Crippen LogP contribution in [0.5, 0.6) is 0 Å². The molecule has 1 N–H and O–H groups in total. The predicted molar refractivity (Wildman–Crippen MR) is 63.1 cm³/mol. The molecule has 1 heterocycles. The Labute approximate surface area is 104 Å². The van der Waals surface area contributed by atoms with E-state index < -0.39 is 11.9 Å². The number of carboxylic acid groups (broad SMARTS) is 1. The minimum atomic E-state index is -0.841. The fourth-order valence-corrected chi connectivity index (χ4v) is 2.14. The van der Waals surface area contributed by atoms with Gasteiger partial charge < -0.3 is 10.0 Å². The number of halogens is 1. The fourth-order valence-electron chi connectivity index (χ4n) is 1.95. The molecular weight excluding hydrogens is 242 g/mol. The minimum absolute atomic E-state index is 0.156. The first-order valence-electron chi connectivity index (χ1n) is 5.35. The zero-order valence-electron chi connectivity index (χ0n) is 9.10. The molecule has 0 bridgehead atoms. The number of hydrogen-bond acceptors (Lipinski definition) is 2. The molecule has 0 spiro atoms. The van der Waals surface area contributed by atoms with Crippen LogP contribution in [0, 0.1) is 5.92 Å². The average Bonchev–Trinajstić information content (AvgIpc) is 2.77. The summed E-state index contributed by atoms with van der Waals surface area (Å²) in [5.41, 5.74) is 0.503. The van der Waals surface area contributed by atoms with E-state index >= 15 is 0 Å². The van der Waals surface area contributed by atoms with Crippen molar-refractivity contribution in [2.75, 3.05) is 13.1 Å². The summed E-state index contributed by atoms with van der Waals surface area (Å²) in [5.74, 6) is -1.44. The Morgan fingerprint density at radius 1 is 1.41 bits per heavy atom. The van der Waals surface area contributed by atoms with Gasteiger partial charge in [-0.05, 0) is 24.6 Å². The number of nitrogens with zero attached hydrogens (tertiary/aromatic N) is 1. The Morgan fingerprint density at radius 2 is 2.18 bits per heavy atom. The fraction of sp³-hybridized carbons (Fsp3) is 0.333. The molecule has 1 aromatic rings. The van der Waals surface area contributed by atoms with E-state index in [2.05, 4.69) is 0 Å². The second-order valence-electron chi connectivity index (χ2n) is 4.09. The van der Waals surface area contributed by atoms with Crippen molar-refractivity contribution in [3.63, 3.8) is 0 Å². The number of carboxylic acids is 1. The second-order valence-corrected chi connectivity index (χ2v) is 4.52. The molecule has 0 aliphatic carbocycles. The van der Waals surface area contributed by atoms with E-state index in [1.807, 2.05) is 0 Å². The van der Waals surface area contributed by atoms with Crippen LogP contribution in [0.4, 0.5) is 0 Å². The number of amides is 1. The Kier molecular flexibility index (Phi) is 3.33. The summed E-state index contributed by atoms with van der Waals surface area (Å²) in [6.07, 6.45) is 0.516. The third-order valence-electron chi connectivity index (χ3n) is 2.90. The summed E-state index contributed by atoms with van der Waals surface area (Å²) in [4.78, 5) is 24.4. The van der Waals surface area contributed by atoms with Gasteiger partial charge in [0.2, 0.25) is 0 Å². The van der Waals surface area contributed by atoms with Gasteiger partial charge in [-0.25, -0.2) is 0 Å². The Hall–Kier alpha value is -1.55. The van der Waals surface area contributed by atoms with E-state index in [1.165, 1.54) is 0 Å². The van der Waals surface area contributed by atoms with Gasteiger partial charge in [0, 0.05) is 23.7 Å². The zero-order chi connectivity index (χ0) is 12.4. The van der Waals surface area contributed by atoms with Gasteiger partial charge in [0.1, 0.15) is 0 Å². The molecule has 0 saturated carbocycles. The van der Waals surface area contributed by atoms with E-state index in [1.54, 1.807) is 29.2 Å². The average molecular weight is 254 g/mol. The van der Waals surface area contributed by atoms with E-state index in [0.29, 0.717) is 23.6 Å². The van der Waals surface area contributed by atoms with Crippen LogP contribution in [0.15, 0.2) is 24.3 Å². The Balaban J connectivity index is 2.09. The van der Waals surface area contributed by atoms with Crippen LogP contribution in [0.3, 0.4) is 0 Å². The lowest BCUT2D eigenvalue weighted by Gasteiger charge is -2.15. The number of benzene rings is 1. The first-order chi connectivity index (χ1) is 8.08. The number of aliphatic carboxylic acids is 1. The summed E-state index contributed by atoms with van der Waals surface area (Å²) in [7, 11) is 0. The number of carbonyl (C=O) groups excluding carboxylic acids is 1. The molecule has 5 heteroatoms. The van der Waals surface area contributed by atoms with E-state index in [-0.39, 0.29) is 12.5 Å². The van der Waals surface area contributed by atoms with Crippen LogP contribution < -0.4 is 0 Å². The first-order valence-corrected chi connectivity index (χ1v) is 5.73. The zero-order valence-corrected chi connectivity index (χ0v) is 9.85. The molecule has 2 rings (SSSR count). The number of hydrogen-bond donors (Lipinski definition) is 1. The van der Waals surface area contributed by atoms with Crippen molar-refractivity contribution in [2.24, 2.45) is 5.92 Å². The first kappa shape index (κ1) is 11.9. The lowest BCUT2D eigenvalue weighted by molar-refractivity contribution is -0.141. The van der Waals surface area contributed by atoms with Crippen LogP contribution in [-0.2, 0) is 4.79 Å². The van der Waals surface area contributed by atoms with Crippen molar-refractivity contribution in [1.29, 1.82) is 0 Å². The molecule has 1 saturated heterocycles. The lowest BCUT2D eigenvalue weighted by Crippen LogP contribution is -2.29. The smallest absolute Gasteiger partial charge is 0.308 e. The molecule has 1 aromatic carbocycles.